The van der Waals surface area contributed by atoms with E-state index in [2.05, 4.69) is 10.2 Å². The first-order valence-corrected chi connectivity index (χ1v) is 9.62. The zero-order valence-electron chi connectivity index (χ0n) is 15.3. The predicted molar refractivity (Wildman–Crippen MR) is 105 cm³/mol. The number of benzene rings is 2. The lowest BCUT2D eigenvalue weighted by atomic mass is 9.98. The molecule has 28 heavy (non-hydrogen) atoms. The number of halogens is 1. The number of amides is 1. The summed E-state index contributed by atoms with van der Waals surface area (Å²) in [5.74, 6) is 1.69. The molecule has 6 nitrogen and oxygen atoms in total. The third kappa shape index (κ3) is 4.34. The topological polar surface area (TPSA) is 68.5 Å². The molecular weight excluding hydrogens is 378 g/mol. The van der Waals surface area contributed by atoms with Gasteiger partial charge in [0.2, 0.25) is 11.8 Å². The highest BCUT2D eigenvalue weighted by Crippen LogP contribution is 2.28. The van der Waals surface area contributed by atoms with Crippen LogP contribution in [0.25, 0.3) is 11.5 Å². The zero-order valence-corrected chi connectivity index (χ0v) is 16.0. The highest BCUT2D eigenvalue weighted by molar-refractivity contribution is 6.30. The van der Waals surface area contributed by atoms with Crippen LogP contribution in [0.1, 0.15) is 24.7 Å². The van der Waals surface area contributed by atoms with Crippen LogP contribution in [0.2, 0.25) is 5.02 Å². The van der Waals surface area contributed by atoms with Crippen molar-refractivity contribution in [3.05, 3.63) is 65.5 Å². The minimum Gasteiger partial charge on any atom is -0.484 e. The van der Waals surface area contributed by atoms with Crippen LogP contribution in [-0.2, 0) is 4.79 Å². The van der Waals surface area contributed by atoms with E-state index >= 15 is 0 Å². The highest BCUT2D eigenvalue weighted by Gasteiger charge is 2.28. The van der Waals surface area contributed by atoms with E-state index in [-0.39, 0.29) is 18.4 Å². The van der Waals surface area contributed by atoms with Crippen LogP contribution in [0, 0.1) is 0 Å². The maximum Gasteiger partial charge on any atom is 0.260 e. The van der Waals surface area contributed by atoms with Crippen molar-refractivity contribution in [1.82, 2.24) is 15.1 Å². The molecule has 1 aliphatic rings. The Morgan fingerprint density at radius 2 is 1.93 bits per heavy atom. The number of piperidine rings is 1. The van der Waals surface area contributed by atoms with Crippen molar-refractivity contribution < 1.29 is 13.9 Å². The van der Waals surface area contributed by atoms with Crippen LogP contribution >= 0.6 is 11.6 Å². The molecular formula is C21H20ClN3O3. The molecule has 2 heterocycles. The summed E-state index contributed by atoms with van der Waals surface area (Å²) in [4.78, 5) is 14.4. The molecule has 1 aromatic heterocycles. The van der Waals surface area contributed by atoms with Crippen molar-refractivity contribution >= 4 is 17.5 Å². The van der Waals surface area contributed by atoms with Gasteiger partial charge in [0.05, 0.1) is 5.92 Å². The van der Waals surface area contributed by atoms with E-state index in [4.69, 9.17) is 20.8 Å². The van der Waals surface area contributed by atoms with Crippen LogP contribution in [0.4, 0.5) is 0 Å². The Labute approximate surface area is 168 Å². The van der Waals surface area contributed by atoms with Gasteiger partial charge in [0, 0.05) is 23.7 Å². The summed E-state index contributed by atoms with van der Waals surface area (Å²) >= 11 is 5.86. The van der Waals surface area contributed by atoms with Crippen molar-refractivity contribution in [2.45, 2.75) is 18.8 Å². The number of ether oxygens (including phenoxy) is 1. The number of carbonyl (C=O) groups excluding carboxylic acids is 1. The molecule has 3 aromatic rings. The van der Waals surface area contributed by atoms with Gasteiger partial charge in [-0.1, -0.05) is 29.8 Å². The number of aromatic nitrogens is 2. The predicted octanol–water partition coefficient (Wildman–Crippen LogP) is 4.18. The van der Waals surface area contributed by atoms with E-state index in [0.29, 0.717) is 35.6 Å². The smallest absolute Gasteiger partial charge is 0.260 e. The highest BCUT2D eigenvalue weighted by atomic mass is 35.5. The van der Waals surface area contributed by atoms with Gasteiger partial charge in [0.25, 0.3) is 5.91 Å². The number of carbonyl (C=O) groups is 1. The molecule has 1 amide bonds. The maximum atomic E-state index is 12.6. The van der Waals surface area contributed by atoms with E-state index < -0.39 is 0 Å². The van der Waals surface area contributed by atoms with Gasteiger partial charge in [0.1, 0.15) is 5.75 Å². The Bertz CT molecular complexity index is 928. The fourth-order valence-corrected chi connectivity index (χ4v) is 3.40. The van der Waals surface area contributed by atoms with Crippen molar-refractivity contribution in [2.75, 3.05) is 19.7 Å². The Hall–Kier alpha value is -2.86. The monoisotopic (exact) mass is 397 g/mol. The molecule has 7 heteroatoms. The van der Waals surface area contributed by atoms with Gasteiger partial charge in [0.15, 0.2) is 6.61 Å². The molecule has 0 aliphatic carbocycles. The Kier molecular flexibility index (Phi) is 5.58. The van der Waals surface area contributed by atoms with Gasteiger partial charge in [-0.05, 0) is 49.2 Å². The van der Waals surface area contributed by atoms with Gasteiger partial charge in [-0.25, -0.2) is 0 Å². The molecule has 1 unspecified atom stereocenters. The molecule has 0 bridgehead atoms. The molecule has 1 saturated heterocycles. The standard InChI is InChI=1S/C21H20ClN3O3/c22-17-8-10-18(11-9-17)27-14-19(26)25-12-4-7-16(13-25)21-24-23-20(28-21)15-5-2-1-3-6-15/h1-3,5-6,8-11,16H,4,7,12-14H2. The minimum atomic E-state index is -0.0533. The molecule has 0 radical (unpaired) electrons. The fraction of sp³-hybridized carbons (Fsp3) is 0.286. The average Bonchev–Trinajstić information content (AvgIpc) is 3.24. The number of rotatable bonds is 5. The molecule has 144 valence electrons. The third-order valence-electron chi connectivity index (χ3n) is 4.76. The van der Waals surface area contributed by atoms with Gasteiger partial charge in [-0.15, -0.1) is 10.2 Å². The minimum absolute atomic E-state index is 0.00650. The lowest BCUT2D eigenvalue weighted by Crippen LogP contribution is -2.41. The van der Waals surface area contributed by atoms with Gasteiger partial charge < -0.3 is 14.1 Å². The SMILES string of the molecule is O=C(COc1ccc(Cl)cc1)N1CCCC(c2nnc(-c3ccccc3)o2)C1. The normalized spacial score (nSPS) is 16.8. The molecule has 4 rings (SSSR count). The summed E-state index contributed by atoms with van der Waals surface area (Å²) in [5, 5.41) is 9.00. The van der Waals surface area contributed by atoms with E-state index in [1.54, 1.807) is 29.2 Å². The quantitative estimate of drug-likeness (QED) is 0.646. The largest absolute Gasteiger partial charge is 0.484 e. The van der Waals surface area contributed by atoms with E-state index in [1.165, 1.54) is 0 Å². The molecule has 1 aliphatic heterocycles. The zero-order chi connectivity index (χ0) is 19.3. The summed E-state index contributed by atoms with van der Waals surface area (Å²) < 4.78 is 11.5. The summed E-state index contributed by atoms with van der Waals surface area (Å²) in [7, 11) is 0. The molecule has 0 N–H and O–H groups in total. The summed E-state index contributed by atoms with van der Waals surface area (Å²) in [6.07, 6.45) is 1.80. The van der Waals surface area contributed by atoms with Crippen LogP contribution in [0.5, 0.6) is 5.75 Å². The average molecular weight is 398 g/mol. The Morgan fingerprint density at radius 3 is 2.71 bits per heavy atom. The maximum absolute atomic E-state index is 12.6. The first-order chi connectivity index (χ1) is 13.7. The lowest BCUT2D eigenvalue weighted by molar-refractivity contribution is -0.134. The van der Waals surface area contributed by atoms with Gasteiger partial charge in [-0.2, -0.15) is 0 Å². The molecule has 1 fully saturated rings. The van der Waals surface area contributed by atoms with Crippen LogP contribution < -0.4 is 4.74 Å². The van der Waals surface area contributed by atoms with Crippen molar-refractivity contribution in [2.24, 2.45) is 0 Å². The van der Waals surface area contributed by atoms with Gasteiger partial charge >= 0.3 is 0 Å². The van der Waals surface area contributed by atoms with Crippen LogP contribution in [-0.4, -0.2) is 40.7 Å². The van der Waals surface area contributed by atoms with Crippen molar-refractivity contribution in [3.8, 4) is 17.2 Å². The number of likely N-dealkylation sites (tertiary alicyclic amines) is 1. The second kappa shape index (κ2) is 8.44. The number of hydrogen-bond acceptors (Lipinski definition) is 5. The van der Waals surface area contributed by atoms with E-state index in [9.17, 15) is 4.79 Å². The molecule has 1 atom stereocenters. The molecule has 0 spiro atoms. The molecule has 0 saturated carbocycles. The second-order valence-corrected chi connectivity index (χ2v) is 7.17. The second-order valence-electron chi connectivity index (χ2n) is 6.73. The number of hydrogen-bond donors (Lipinski definition) is 0. The van der Waals surface area contributed by atoms with Crippen molar-refractivity contribution in [1.29, 1.82) is 0 Å². The lowest BCUT2D eigenvalue weighted by Gasteiger charge is -2.31. The first-order valence-electron chi connectivity index (χ1n) is 9.24. The van der Waals surface area contributed by atoms with Crippen LogP contribution in [0.3, 0.4) is 0 Å². The first kappa shape index (κ1) is 18.5. The van der Waals surface area contributed by atoms with E-state index in [1.807, 2.05) is 30.3 Å². The van der Waals surface area contributed by atoms with Crippen LogP contribution in [0.15, 0.2) is 59.0 Å². The fourth-order valence-electron chi connectivity index (χ4n) is 3.27. The molecule has 2 aromatic carbocycles. The Morgan fingerprint density at radius 1 is 1.14 bits per heavy atom. The summed E-state index contributed by atoms with van der Waals surface area (Å²) in [5.41, 5.74) is 0.890. The number of nitrogens with zero attached hydrogens (tertiary/aromatic N) is 3. The summed E-state index contributed by atoms with van der Waals surface area (Å²) in [6, 6.07) is 16.6. The van der Waals surface area contributed by atoms with Crippen molar-refractivity contribution in [3.63, 3.8) is 0 Å². The Balaban J connectivity index is 1.37. The summed E-state index contributed by atoms with van der Waals surface area (Å²) in [6.45, 7) is 1.26. The third-order valence-corrected chi connectivity index (χ3v) is 5.01. The van der Waals surface area contributed by atoms with Gasteiger partial charge in [-0.3, -0.25) is 4.79 Å². The van der Waals surface area contributed by atoms with E-state index in [0.717, 1.165) is 18.4 Å².